The Hall–Kier alpha value is 1.36. The normalized spacial score (nSPS) is 0.667. The first-order valence-corrected chi connectivity index (χ1v) is 0.516. The van der Waals surface area contributed by atoms with Crippen LogP contribution in [0.4, 0.5) is 0 Å². The molecule has 0 aliphatic carbocycles. The molecule has 0 unspecified atom stereocenters. The van der Waals surface area contributed by atoms with Gasteiger partial charge in [0.2, 0.25) is 0 Å². The Labute approximate surface area is 95.5 Å². The van der Waals surface area contributed by atoms with Gasteiger partial charge in [-0.3, -0.25) is 0 Å². The molecule has 4 heteroatoms. The first-order chi connectivity index (χ1) is 2.00. The van der Waals surface area contributed by atoms with Crippen LogP contribution in [0.25, 0.3) is 0 Å². The third-order valence-corrected chi connectivity index (χ3v) is 0. The fourth-order valence-corrected chi connectivity index (χ4v) is 0. The molecule has 0 heterocycles. The van der Waals surface area contributed by atoms with Gasteiger partial charge in [0.05, 0.1) is 0 Å². The van der Waals surface area contributed by atoms with Gasteiger partial charge < -0.3 is 0 Å². The zero-order valence-corrected chi connectivity index (χ0v) is 3.83. The van der Waals surface area contributed by atoms with Crippen LogP contribution in [-0.4, -0.2) is 51.4 Å². The van der Waals surface area contributed by atoms with Gasteiger partial charge in [0.25, 0.3) is 0 Å². The fourth-order valence-electron chi connectivity index (χ4n) is 0. The Kier molecular flexibility index (Phi) is 436. The van der Waals surface area contributed by atoms with E-state index in [1.165, 1.54) is 0 Å². The topological polar surface area (TPSA) is 47.6 Å². The van der Waals surface area contributed by atoms with Gasteiger partial charge in [-0.2, -0.15) is 0 Å². The SMILES string of the molecule is C#N.C#N.[Ag].[KH]. The van der Waals surface area contributed by atoms with E-state index in [0.717, 1.165) is 0 Å². The zero-order valence-electron chi connectivity index (χ0n) is 2.35. The van der Waals surface area contributed by atoms with Gasteiger partial charge >= 0.3 is 51.4 Å². The van der Waals surface area contributed by atoms with Crippen LogP contribution in [0.2, 0.25) is 0 Å². The summed E-state index contributed by atoms with van der Waals surface area (Å²) in [5, 5.41) is 13.0. The quantitative estimate of drug-likeness (QED) is 0.503. The Morgan fingerprint density at radius 1 is 0.833 bits per heavy atom. The summed E-state index contributed by atoms with van der Waals surface area (Å²) in [7, 11) is 0. The van der Waals surface area contributed by atoms with Crippen LogP contribution in [0.3, 0.4) is 0 Å². The van der Waals surface area contributed by atoms with Crippen molar-refractivity contribution in [2.45, 2.75) is 0 Å². The predicted octanol–water partition coefficient (Wildman–Crippen LogP) is -0.371. The average molecular weight is 202 g/mol. The number of hydrogen-bond acceptors (Lipinski definition) is 2. The molecule has 33 valence electrons. The van der Waals surface area contributed by atoms with Crippen molar-refractivity contribution in [2.75, 3.05) is 0 Å². The molecule has 0 atom stereocenters. The van der Waals surface area contributed by atoms with E-state index in [0.29, 0.717) is 0 Å². The number of rotatable bonds is 0. The first kappa shape index (κ1) is 26.4. The molecular weight excluding hydrogens is 199 g/mol. The maximum absolute atomic E-state index is 6.50. The van der Waals surface area contributed by atoms with Crippen LogP contribution in [-0.2, 0) is 22.4 Å². The van der Waals surface area contributed by atoms with Crippen molar-refractivity contribution in [3.63, 3.8) is 0 Å². The molecule has 0 aliphatic rings. The summed E-state index contributed by atoms with van der Waals surface area (Å²) in [6, 6.07) is 0. The van der Waals surface area contributed by atoms with Crippen LogP contribution in [0, 0.1) is 23.7 Å². The van der Waals surface area contributed by atoms with Gasteiger partial charge in [-0.05, 0) is 0 Å². The molecular formula is C2H3AgKN2. The maximum atomic E-state index is 6.50. The molecule has 0 saturated carbocycles. The van der Waals surface area contributed by atoms with Crippen molar-refractivity contribution in [1.82, 2.24) is 0 Å². The monoisotopic (exact) mass is 201 g/mol. The minimum atomic E-state index is 0. The molecule has 0 aromatic rings. The van der Waals surface area contributed by atoms with E-state index in [-0.39, 0.29) is 73.8 Å². The molecule has 1 radical (unpaired) electrons. The van der Waals surface area contributed by atoms with Crippen molar-refractivity contribution < 1.29 is 22.4 Å². The molecule has 0 aromatic carbocycles. The third kappa shape index (κ3) is 55.2. The van der Waals surface area contributed by atoms with Gasteiger partial charge in [0.1, 0.15) is 0 Å². The van der Waals surface area contributed by atoms with E-state index in [4.69, 9.17) is 10.5 Å². The molecule has 0 bridgehead atoms. The standard InChI is InChI=1S/2CHN.Ag.K.H/c2*1-2;;;/h2*1H;;;. The number of nitrogens with zero attached hydrogens (tertiary/aromatic N) is 2. The second kappa shape index (κ2) is 99.1. The predicted molar refractivity (Wildman–Crippen MR) is 20.5 cm³/mol. The van der Waals surface area contributed by atoms with Gasteiger partial charge in [0, 0.05) is 35.5 Å². The average Bonchev–Trinajstić information content (AvgIpc) is 1.50. The van der Waals surface area contributed by atoms with E-state index < -0.39 is 0 Å². The van der Waals surface area contributed by atoms with Crippen LogP contribution in [0.1, 0.15) is 0 Å². The molecule has 0 saturated heterocycles. The number of nitriles is 2. The Bertz CT molecular complexity index is 27.0. The Morgan fingerprint density at radius 3 is 0.833 bits per heavy atom. The van der Waals surface area contributed by atoms with E-state index in [9.17, 15) is 0 Å². The van der Waals surface area contributed by atoms with E-state index in [2.05, 4.69) is 13.1 Å². The van der Waals surface area contributed by atoms with E-state index in [1.807, 2.05) is 0 Å². The molecule has 0 aliphatic heterocycles. The van der Waals surface area contributed by atoms with Gasteiger partial charge in [-0.1, -0.05) is 0 Å². The van der Waals surface area contributed by atoms with Gasteiger partial charge in [0.15, 0.2) is 0 Å². The van der Waals surface area contributed by atoms with E-state index >= 15 is 0 Å². The minimum absolute atomic E-state index is 0. The summed E-state index contributed by atoms with van der Waals surface area (Å²) in [6.07, 6.45) is 0. The van der Waals surface area contributed by atoms with Crippen molar-refractivity contribution in [3.05, 3.63) is 0 Å². The zero-order chi connectivity index (χ0) is 4.00. The van der Waals surface area contributed by atoms with Gasteiger partial charge in [-0.25, -0.2) is 10.5 Å². The molecule has 0 fully saturated rings. The fraction of sp³-hybridized carbons (Fsp3) is 0. The summed E-state index contributed by atoms with van der Waals surface area (Å²) in [4.78, 5) is 0. The molecule has 0 rings (SSSR count). The van der Waals surface area contributed by atoms with Crippen molar-refractivity contribution in [1.29, 1.82) is 10.5 Å². The summed E-state index contributed by atoms with van der Waals surface area (Å²) >= 11 is 0. The van der Waals surface area contributed by atoms with Crippen molar-refractivity contribution in [2.24, 2.45) is 0 Å². The molecule has 0 amide bonds. The molecule has 2 nitrogen and oxygen atoms in total. The molecule has 0 spiro atoms. The van der Waals surface area contributed by atoms with E-state index in [1.54, 1.807) is 0 Å². The third-order valence-electron chi connectivity index (χ3n) is 0. The molecule has 0 N–H and O–H groups in total. The van der Waals surface area contributed by atoms with Crippen LogP contribution in [0.15, 0.2) is 0 Å². The second-order valence-electron chi connectivity index (χ2n) is 0. The first-order valence-electron chi connectivity index (χ1n) is 0.516. The summed E-state index contributed by atoms with van der Waals surface area (Å²) in [5.74, 6) is 0. The summed E-state index contributed by atoms with van der Waals surface area (Å²) in [6.45, 7) is 7.00. The molecule has 0 aromatic heterocycles. The van der Waals surface area contributed by atoms with Crippen LogP contribution in [0.5, 0.6) is 0 Å². The van der Waals surface area contributed by atoms with Crippen molar-refractivity contribution in [3.8, 4) is 13.1 Å². The molecule has 6 heavy (non-hydrogen) atoms. The summed E-state index contributed by atoms with van der Waals surface area (Å²) < 4.78 is 0. The van der Waals surface area contributed by atoms with Crippen LogP contribution < -0.4 is 0 Å². The van der Waals surface area contributed by atoms with Crippen molar-refractivity contribution >= 4 is 51.4 Å². The van der Waals surface area contributed by atoms with Gasteiger partial charge in [-0.15, -0.1) is 0 Å². The second-order valence-corrected chi connectivity index (χ2v) is 0. The summed E-state index contributed by atoms with van der Waals surface area (Å²) in [5.41, 5.74) is 0. The van der Waals surface area contributed by atoms with Crippen LogP contribution >= 0.6 is 0 Å². The number of hydrogen-bond donors (Lipinski definition) is 0. The Morgan fingerprint density at radius 2 is 0.833 bits per heavy atom. The Balaban J connectivity index is -0.00000000500.